The maximum absolute atomic E-state index is 13.0. The number of nitrogens with zero attached hydrogens (tertiary/aromatic N) is 4. The quantitative estimate of drug-likeness (QED) is 0.412. The highest BCUT2D eigenvalue weighted by Gasteiger charge is 2.29. The number of carbonyl (C=O) groups excluding carboxylic acids is 2. The lowest BCUT2D eigenvalue weighted by atomic mass is 9.96. The van der Waals surface area contributed by atoms with Gasteiger partial charge in [-0.25, -0.2) is 9.97 Å². The smallest absolute Gasteiger partial charge is 0.253 e. The van der Waals surface area contributed by atoms with Gasteiger partial charge in [0.15, 0.2) is 5.13 Å². The fourth-order valence-electron chi connectivity index (χ4n) is 3.96. The zero-order chi connectivity index (χ0) is 22.6. The van der Waals surface area contributed by atoms with Gasteiger partial charge in [-0.1, -0.05) is 6.07 Å². The second-order valence-corrected chi connectivity index (χ2v) is 9.87. The van der Waals surface area contributed by atoms with Crippen LogP contribution in [-0.2, 0) is 10.5 Å². The Morgan fingerprint density at radius 2 is 2.06 bits per heavy atom. The number of likely N-dealkylation sites (tertiary alicyclic amines) is 1. The number of thioether (sulfide) groups is 1. The second-order valence-electron chi connectivity index (χ2n) is 7.93. The van der Waals surface area contributed by atoms with Gasteiger partial charge in [0.05, 0.1) is 11.6 Å². The Kier molecular flexibility index (Phi) is 6.41. The molecule has 0 radical (unpaired) electrons. The number of imidazole rings is 1. The molecule has 4 aromatic rings. The summed E-state index contributed by atoms with van der Waals surface area (Å²) in [6.07, 6.45) is 7.28. The zero-order valence-electron chi connectivity index (χ0n) is 17.9. The molecule has 1 aliphatic rings. The Bertz CT molecular complexity index is 1220. The van der Waals surface area contributed by atoms with E-state index in [0.717, 1.165) is 34.8 Å². The summed E-state index contributed by atoms with van der Waals surface area (Å²) in [5.41, 5.74) is 2.60. The summed E-state index contributed by atoms with van der Waals surface area (Å²) < 4.78 is 2.01. The highest BCUT2D eigenvalue weighted by molar-refractivity contribution is 7.98. The molecule has 168 valence electrons. The molecule has 1 aliphatic heterocycles. The SMILES string of the molecule is O=C(Nc1nccs1)C1CCCN(C(=O)c2ccc(SCc3cn4ccccc4n3)cc2)C1. The van der Waals surface area contributed by atoms with Crippen LogP contribution in [0.3, 0.4) is 0 Å². The number of carbonyl (C=O) groups is 2. The van der Waals surface area contributed by atoms with Gasteiger partial charge in [-0.3, -0.25) is 9.59 Å². The van der Waals surface area contributed by atoms with Crippen LogP contribution < -0.4 is 5.32 Å². The lowest BCUT2D eigenvalue weighted by Crippen LogP contribution is -2.43. The van der Waals surface area contributed by atoms with E-state index in [1.165, 1.54) is 11.3 Å². The molecule has 0 aliphatic carbocycles. The van der Waals surface area contributed by atoms with E-state index in [9.17, 15) is 9.59 Å². The Labute approximate surface area is 199 Å². The van der Waals surface area contributed by atoms with Crippen molar-refractivity contribution < 1.29 is 9.59 Å². The first-order chi connectivity index (χ1) is 16.2. The van der Waals surface area contributed by atoms with E-state index in [0.29, 0.717) is 23.8 Å². The van der Waals surface area contributed by atoms with E-state index in [4.69, 9.17) is 0 Å². The number of piperidine rings is 1. The molecule has 0 bridgehead atoms. The van der Waals surface area contributed by atoms with E-state index < -0.39 is 0 Å². The number of benzene rings is 1. The molecule has 1 aromatic carbocycles. The molecule has 5 rings (SSSR count). The molecule has 33 heavy (non-hydrogen) atoms. The lowest BCUT2D eigenvalue weighted by molar-refractivity contribution is -0.121. The number of rotatable bonds is 6. The van der Waals surface area contributed by atoms with Gasteiger partial charge in [-0.2, -0.15) is 0 Å². The predicted molar refractivity (Wildman–Crippen MR) is 131 cm³/mol. The number of fused-ring (bicyclic) bond motifs is 1. The molecule has 1 fully saturated rings. The van der Waals surface area contributed by atoms with Crippen LogP contribution in [0.5, 0.6) is 0 Å². The van der Waals surface area contributed by atoms with Gasteiger partial charge in [-0.05, 0) is 49.2 Å². The van der Waals surface area contributed by atoms with Gasteiger partial charge >= 0.3 is 0 Å². The lowest BCUT2D eigenvalue weighted by Gasteiger charge is -2.32. The largest absolute Gasteiger partial charge is 0.338 e. The van der Waals surface area contributed by atoms with Crippen molar-refractivity contribution in [2.45, 2.75) is 23.5 Å². The van der Waals surface area contributed by atoms with Crippen molar-refractivity contribution in [3.8, 4) is 0 Å². The molecule has 1 atom stereocenters. The van der Waals surface area contributed by atoms with Gasteiger partial charge in [-0.15, -0.1) is 23.1 Å². The first kappa shape index (κ1) is 21.7. The summed E-state index contributed by atoms with van der Waals surface area (Å²) >= 11 is 3.09. The van der Waals surface area contributed by atoms with Gasteiger partial charge < -0.3 is 14.6 Å². The van der Waals surface area contributed by atoms with Crippen LogP contribution in [0.2, 0.25) is 0 Å². The molecule has 1 saturated heterocycles. The molecule has 9 heteroatoms. The maximum atomic E-state index is 13.0. The molecule has 0 spiro atoms. The number of amides is 2. The number of pyridine rings is 1. The van der Waals surface area contributed by atoms with Crippen LogP contribution in [0, 0.1) is 5.92 Å². The van der Waals surface area contributed by atoms with Crippen LogP contribution in [-0.4, -0.2) is 44.2 Å². The molecule has 0 saturated carbocycles. The minimum atomic E-state index is -0.216. The summed E-state index contributed by atoms with van der Waals surface area (Å²) in [6.45, 7) is 1.10. The molecule has 4 heterocycles. The van der Waals surface area contributed by atoms with Gasteiger partial charge in [0, 0.05) is 53.3 Å². The van der Waals surface area contributed by atoms with E-state index in [2.05, 4.69) is 15.3 Å². The third kappa shape index (κ3) is 5.09. The van der Waals surface area contributed by atoms with Gasteiger partial charge in [0.1, 0.15) is 5.65 Å². The van der Waals surface area contributed by atoms with Crippen LogP contribution in [0.4, 0.5) is 5.13 Å². The predicted octanol–water partition coefficient (Wildman–Crippen LogP) is 4.57. The molecular formula is C24H23N5O2S2. The topological polar surface area (TPSA) is 79.6 Å². The van der Waals surface area contributed by atoms with Crippen LogP contribution in [0.1, 0.15) is 28.9 Å². The molecule has 1 unspecified atom stereocenters. The summed E-state index contributed by atoms with van der Waals surface area (Å²) in [4.78, 5) is 37.2. The van der Waals surface area contributed by atoms with Crippen LogP contribution in [0.25, 0.3) is 5.65 Å². The molecule has 1 N–H and O–H groups in total. The number of hydrogen-bond acceptors (Lipinski definition) is 6. The first-order valence-corrected chi connectivity index (χ1v) is 12.7. The number of nitrogens with one attached hydrogen (secondary N) is 1. The number of hydrogen-bond donors (Lipinski definition) is 1. The summed E-state index contributed by atoms with van der Waals surface area (Å²) in [5, 5.41) is 5.28. The summed E-state index contributed by atoms with van der Waals surface area (Å²) in [5.74, 6) is 0.448. The minimum absolute atomic E-state index is 0.0290. The van der Waals surface area contributed by atoms with E-state index in [1.54, 1.807) is 22.9 Å². The maximum Gasteiger partial charge on any atom is 0.253 e. The monoisotopic (exact) mass is 477 g/mol. The normalized spacial score (nSPS) is 16.1. The van der Waals surface area contributed by atoms with Gasteiger partial charge in [0.2, 0.25) is 5.91 Å². The highest BCUT2D eigenvalue weighted by atomic mass is 32.2. The van der Waals surface area contributed by atoms with Crippen LogP contribution >= 0.6 is 23.1 Å². The Hall–Kier alpha value is -3.17. The standard InChI is InChI=1S/C24H23N5O2S2/c30-22(27-24-25-10-13-32-24)18-4-3-12-29(14-18)23(31)17-6-8-20(9-7-17)33-16-19-15-28-11-2-1-5-21(28)26-19/h1-2,5-11,13,15,18H,3-4,12,14,16H2,(H,25,27,30). The zero-order valence-corrected chi connectivity index (χ0v) is 19.5. The van der Waals surface area contributed by atoms with Gasteiger partial charge in [0.25, 0.3) is 5.91 Å². The average molecular weight is 478 g/mol. The van der Waals surface area contributed by atoms with Crippen LogP contribution in [0.15, 0.2) is 71.3 Å². The number of aromatic nitrogens is 3. The molecule has 3 aromatic heterocycles. The number of thiazole rings is 1. The van der Waals surface area contributed by atoms with Crippen molar-refractivity contribution in [3.05, 3.63) is 77.7 Å². The van der Waals surface area contributed by atoms with E-state index in [1.807, 2.05) is 64.6 Å². The van der Waals surface area contributed by atoms with Crippen molar-refractivity contribution in [2.24, 2.45) is 5.92 Å². The second kappa shape index (κ2) is 9.76. The first-order valence-electron chi connectivity index (χ1n) is 10.8. The molecular weight excluding hydrogens is 454 g/mol. The Morgan fingerprint density at radius 3 is 2.85 bits per heavy atom. The third-order valence-corrected chi connectivity index (χ3v) is 7.38. The van der Waals surface area contributed by atoms with E-state index in [-0.39, 0.29) is 17.7 Å². The van der Waals surface area contributed by atoms with Crippen molar-refractivity contribution in [1.82, 2.24) is 19.3 Å². The Balaban J connectivity index is 1.17. The summed E-state index contributed by atoms with van der Waals surface area (Å²) in [6, 6.07) is 13.6. The fraction of sp³-hybridized carbons (Fsp3) is 0.250. The van der Waals surface area contributed by atoms with Crippen molar-refractivity contribution in [2.75, 3.05) is 18.4 Å². The van der Waals surface area contributed by atoms with E-state index >= 15 is 0 Å². The van der Waals surface area contributed by atoms with Crippen molar-refractivity contribution in [3.63, 3.8) is 0 Å². The van der Waals surface area contributed by atoms with Crippen molar-refractivity contribution >= 4 is 45.7 Å². The molecule has 7 nitrogen and oxygen atoms in total. The number of anilines is 1. The van der Waals surface area contributed by atoms with Crippen molar-refractivity contribution in [1.29, 1.82) is 0 Å². The minimum Gasteiger partial charge on any atom is -0.338 e. The Morgan fingerprint density at radius 1 is 1.18 bits per heavy atom. The summed E-state index contributed by atoms with van der Waals surface area (Å²) in [7, 11) is 0. The fourth-order valence-corrected chi connectivity index (χ4v) is 5.27. The highest BCUT2D eigenvalue weighted by Crippen LogP contribution is 2.25. The average Bonchev–Trinajstić information content (AvgIpc) is 3.52. The third-order valence-electron chi connectivity index (χ3n) is 5.64. The molecule has 2 amide bonds.